The van der Waals surface area contributed by atoms with Crippen molar-refractivity contribution in [3.8, 4) is 0 Å². The minimum atomic E-state index is -0.547. The molecular weight excluding hydrogens is 358 g/mol. The zero-order chi connectivity index (χ0) is 13.0. The number of benzene rings is 1. The van der Waals surface area contributed by atoms with Gasteiger partial charge in [-0.05, 0) is 5.56 Å². The molecule has 0 aliphatic heterocycles. The second-order valence-electron chi connectivity index (χ2n) is 3.18. The van der Waals surface area contributed by atoms with E-state index in [1.165, 1.54) is 19.2 Å². The summed E-state index contributed by atoms with van der Waals surface area (Å²) >= 11 is 6.53. The number of hydrogen-bond acceptors (Lipinski definition) is 4. The van der Waals surface area contributed by atoms with E-state index in [0.29, 0.717) is 0 Å². The molecule has 0 saturated heterocycles. The van der Waals surface area contributed by atoms with Gasteiger partial charge in [0.15, 0.2) is 0 Å². The first kappa shape index (κ1) is 14.1. The molecule has 5 nitrogen and oxygen atoms in total. The molecule has 0 N–H and O–H groups in total. The Kier molecular flexibility index (Phi) is 5.07. The first-order valence-corrected chi connectivity index (χ1v) is 6.41. The van der Waals surface area contributed by atoms with E-state index in [1.54, 1.807) is 12.1 Å². The minimum Gasteiger partial charge on any atom is -0.468 e. The summed E-state index contributed by atoms with van der Waals surface area (Å²) in [6, 6.07) is 5.96. The molecule has 1 aromatic carbocycles. The topological polar surface area (TPSA) is 69.4 Å². The van der Waals surface area contributed by atoms with Crippen molar-refractivity contribution < 1.29 is 14.5 Å². The molecular formula is C10H9Br2NO4. The lowest BCUT2D eigenvalue weighted by Gasteiger charge is -2.14. The highest BCUT2D eigenvalue weighted by Gasteiger charge is 2.26. The molecule has 0 aromatic heterocycles. The van der Waals surface area contributed by atoms with Crippen molar-refractivity contribution in [2.45, 2.75) is 9.65 Å². The van der Waals surface area contributed by atoms with Gasteiger partial charge in [-0.3, -0.25) is 14.9 Å². The van der Waals surface area contributed by atoms with Gasteiger partial charge in [0.25, 0.3) is 5.69 Å². The van der Waals surface area contributed by atoms with Gasteiger partial charge in [0.05, 0.1) is 16.9 Å². The van der Waals surface area contributed by atoms with Crippen LogP contribution in [0.3, 0.4) is 0 Å². The molecule has 0 aliphatic rings. The number of carbonyl (C=O) groups is 1. The molecule has 0 radical (unpaired) electrons. The second kappa shape index (κ2) is 6.11. The van der Waals surface area contributed by atoms with Crippen molar-refractivity contribution in [2.24, 2.45) is 0 Å². The van der Waals surface area contributed by atoms with Crippen molar-refractivity contribution in [3.63, 3.8) is 0 Å². The molecule has 2 atom stereocenters. The van der Waals surface area contributed by atoms with Crippen molar-refractivity contribution >= 4 is 43.5 Å². The fraction of sp³-hybridized carbons (Fsp3) is 0.300. The molecule has 0 heterocycles. The molecule has 2 unspecified atom stereocenters. The van der Waals surface area contributed by atoms with Gasteiger partial charge in [0.2, 0.25) is 0 Å². The zero-order valence-corrected chi connectivity index (χ0v) is 12.0. The molecule has 0 fully saturated rings. The largest absolute Gasteiger partial charge is 0.468 e. The summed E-state index contributed by atoms with van der Waals surface area (Å²) < 4.78 is 4.59. The average molecular weight is 367 g/mol. The smallest absolute Gasteiger partial charge is 0.320 e. The first-order valence-electron chi connectivity index (χ1n) is 4.57. The van der Waals surface area contributed by atoms with Crippen LogP contribution in [0.1, 0.15) is 10.4 Å². The van der Waals surface area contributed by atoms with Crippen LogP contribution in [0.5, 0.6) is 0 Å². The number of carbonyl (C=O) groups excluding carboxylic acids is 1. The number of nitrogens with zero attached hydrogens (tertiary/aromatic N) is 1. The molecule has 0 spiro atoms. The van der Waals surface area contributed by atoms with Gasteiger partial charge in [-0.25, -0.2) is 0 Å². The summed E-state index contributed by atoms with van der Waals surface area (Å²) in [6.45, 7) is 0. The Balaban J connectivity index is 2.86. The van der Waals surface area contributed by atoms with E-state index in [-0.39, 0.29) is 10.5 Å². The third-order valence-electron chi connectivity index (χ3n) is 2.11. The van der Waals surface area contributed by atoms with E-state index in [4.69, 9.17) is 0 Å². The normalized spacial score (nSPS) is 13.8. The molecule has 7 heteroatoms. The molecule has 1 rings (SSSR count). The van der Waals surface area contributed by atoms with Crippen LogP contribution in [0.4, 0.5) is 5.69 Å². The van der Waals surface area contributed by atoms with Gasteiger partial charge in [-0.1, -0.05) is 44.0 Å². The average Bonchev–Trinajstić information content (AvgIpc) is 2.36. The molecule has 17 heavy (non-hydrogen) atoms. The zero-order valence-electron chi connectivity index (χ0n) is 8.80. The van der Waals surface area contributed by atoms with Gasteiger partial charge in [0.1, 0.15) is 4.83 Å². The Morgan fingerprint density at radius 3 is 2.29 bits per heavy atom. The highest BCUT2D eigenvalue weighted by Crippen LogP contribution is 2.32. The van der Waals surface area contributed by atoms with E-state index in [0.717, 1.165) is 5.56 Å². The van der Waals surface area contributed by atoms with Gasteiger partial charge < -0.3 is 4.74 Å². The van der Waals surface area contributed by atoms with Crippen LogP contribution < -0.4 is 0 Å². The maximum absolute atomic E-state index is 11.3. The van der Waals surface area contributed by atoms with Gasteiger partial charge in [-0.15, -0.1) is 0 Å². The number of non-ortho nitro benzene ring substituents is 1. The van der Waals surface area contributed by atoms with E-state index in [2.05, 4.69) is 36.6 Å². The second-order valence-corrected chi connectivity index (χ2v) is 5.15. The summed E-state index contributed by atoms with van der Waals surface area (Å²) in [4.78, 5) is 20.4. The number of nitro groups is 1. The summed E-state index contributed by atoms with van der Waals surface area (Å²) in [5, 5.41) is 10.5. The lowest BCUT2D eigenvalue weighted by atomic mass is 10.1. The standard InChI is InChI=1S/C10H9Br2NO4/c1-17-10(14)9(12)8(11)6-2-4-7(5-3-6)13(15)16/h2-5,8-9H,1H3. The van der Waals surface area contributed by atoms with Crippen LogP contribution in [-0.4, -0.2) is 22.8 Å². The molecule has 92 valence electrons. The van der Waals surface area contributed by atoms with Gasteiger partial charge >= 0.3 is 5.97 Å². The Morgan fingerprint density at radius 2 is 1.88 bits per heavy atom. The van der Waals surface area contributed by atoms with Crippen molar-refractivity contribution in [1.82, 2.24) is 0 Å². The number of hydrogen-bond donors (Lipinski definition) is 0. The maximum Gasteiger partial charge on any atom is 0.320 e. The number of rotatable bonds is 4. The first-order chi connectivity index (χ1) is 7.97. The lowest BCUT2D eigenvalue weighted by molar-refractivity contribution is -0.384. The predicted molar refractivity (Wildman–Crippen MR) is 69.5 cm³/mol. The van der Waals surface area contributed by atoms with Crippen LogP contribution in [0.2, 0.25) is 0 Å². The third kappa shape index (κ3) is 3.50. The molecule has 0 aliphatic carbocycles. The van der Waals surface area contributed by atoms with E-state index < -0.39 is 15.7 Å². The van der Waals surface area contributed by atoms with Gasteiger partial charge in [0, 0.05) is 12.1 Å². The molecule has 0 bridgehead atoms. The number of ether oxygens (including phenoxy) is 1. The fourth-order valence-corrected chi connectivity index (χ4v) is 2.19. The third-order valence-corrected chi connectivity index (χ3v) is 4.77. The lowest BCUT2D eigenvalue weighted by Crippen LogP contribution is -2.20. The number of methoxy groups -OCH3 is 1. The fourth-order valence-electron chi connectivity index (χ4n) is 1.18. The highest BCUT2D eigenvalue weighted by atomic mass is 79.9. The Bertz CT molecular complexity index is 421. The van der Waals surface area contributed by atoms with Gasteiger partial charge in [-0.2, -0.15) is 0 Å². The molecule has 0 amide bonds. The number of alkyl halides is 2. The Hall–Kier alpha value is -0.950. The van der Waals surface area contributed by atoms with Crippen molar-refractivity contribution in [3.05, 3.63) is 39.9 Å². The van der Waals surface area contributed by atoms with Crippen LogP contribution in [0, 0.1) is 10.1 Å². The van der Waals surface area contributed by atoms with E-state index in [9.17, 15) is 14.9 Å². The highest BCUT2D eigenvalue weighted by molar-refractivity contribution is 9.12. The number of halogens is 2. The summed E-state index contributed by atoms with van der Waals surface area (Å²) in [7, 11) is 1.30. The maximum atomic E-state index is 11.3. The SMILES string of the molecule is COC(=O)C(Br)C(Br)c1ccc([N+](=O)[O-])cc1. The summed E-state index contributed by atoms with van der Waals surface area (Å²) in [5.74, 6) is -0.412. The van der Waals surface area contributed by atoms with Crippen LogP contribution in [0.25, 0.3) is 0 Å². The summed E-state index contributed by atoms with van der Waals surface area (Å²) in [6.07, 6.45) is 0. The van der Waals surface area contributed by atoms with Crippen LogP contribution >= 0.6 is 31.9 Å². The molecule has 0 saturated carbocycles. The van der Waals surface area contributed by atoms with Crippen LogP contribution in [-0.2, 0) is 9.53 Å². The van der Waals surface area contributed by atoms with Crippen molar-refractivity contribution in [1.29, 1.82) is 0 Å². The van der Waals surface area contributed by atoms with Crippen LogP contribution in [0.15, 0.2) is 24.3 Å². The molecule has 1 aromatic rings. The van der Waals surface area contributed by atoms with E-state index in [1.807, 2.05) is 0 Å². The van der Waals surface area contributed by atoms with E-state index >= 15 is 0 Å². The quantitative estimate of drug-likeness (QED) is 0.355. The van der Waals surface area contributed by atoms with Crippen molar-refractivity contribution in [2.75, 3.05) is 7.11 Å². The Morgan fingerprint density at radius 1 is 1.35 bits per heavy atom. The Labute approximate surface area is 115 Å². The minimum absolute atomic E-state index is 0.0117. The predicted octanol–water partition coefficient (Wildman–Crippen LogP) is 2.97. The number of nitro benzene ring substituents is 1. The summed E-state index contributed by atoms with van der Waals surface area (Å²) in [5.41, 5.74) is 0.764. The monoisotopic (exact) mass is 365 g/mol. The number of esters is 1.